The second kappa shape index (κ2) is 7.96. The van der Waals surface area contributed by atoms with Gasteiger partial charge in [-0.1, -0.05) is 12.5 Å². The average Bonchev–Trinajstić information content (AvgIpc) is 2.41. The summed E-state index contributed by atoms with van der Waals surface area (Å²) in [5.74, 6) is 1.56. The molecule has 0 aromatic heterocycles. The van der Waals surface area contributed by atoms with Gasteiger partial charge in [-0.25, -0.2) is 0 Å². The van der Waals surface area contributed by atoms with Crippen molar-refractivity contribution in [1.82, 2.24) is 5.32 Å². The summed E-state index contributed by atoms with van der Waals surface area (Å²) in [5.41, 5.74) is 1.17. The molecule has 17 heavy (non-hydrogen) atoms. The minimum Gasteiger partial charge on any atom is -0.493 e. The van der Waals surface area contributed by atoms with Crippen molar-refractivity contribution in [3.05, 3.63) is 23.8 Å². The molecule has 1 heterocycles. The van der Waals surface area contributed by atoms with Gasteiger partial charge in [-0.05, 0) is 50.6 Å². The molecule has 0 bridgehead atoms. The summed E-state index contributed by atoms with van der Waals surface area (Å²) in [6.07, 6.45) is 4.22. The van der Waals surface area contributed by atoms with Crippen molar-refractivity contribution in [2.75, 3.05) is 27.3 Å². The highest BCUT2D eigenvalue weighted by molar-refractivity contribution is 5.42. The maximum Gasteiger partial charge on any atom is 0.160 e. The topological polar surface area (TPSA) is 30.5 Å². The molecule has 0 aliphatic carbocycles. The zero-order valence-corrected chi connectivity index (χ0v) is 11.1. The van der Waals surface area contributed by atoms with Crippen LogP contribution >= 0.6 is 0 Å². The maximum absolute atomic E-state index is 5.09. The first kappa shape index (κ1) is 13.8. The van der Waals surface area contributed by atoms with Gasteiger partial charge in [-0.3, -0.25) is 0 Å². The lowest BCUT2D eigenvalue weighted by Gasteiger charge is -2.08. The molecule has 1 aromatic carbocycles. The van der Waals surface area contributed by atoms with Gasteiger partial charge in [0.1, 0.15) is 0 Å². The van der Waals surface area contributed by atoms with E-state index in [2.05, 4.69) is 5.32 Å². The lowest BCUT2D eigenvalue weighted by Crippen LogP contribution is -2.21. The molecule has 0 atom stereocenters. The van der Waals surface area contributed by atoms with Crippen LogP contribution in [0.2, 0.25) is 0 Å². The molecule has 96 valence electrons. The lowest BCUT2D eigenvalue weighted by molar-refractivity contribution is 0.354. The van der Waals surface area contributed by atoms with Gasteiger partial charge in [0.25, 0.3) is 0 Å². The normalized spacial score (nSPS) is 14.5. The van der Waals surface area contributed by atoms with Gasteiger partial charge in [-0.15, -0.1) is 0 Å². The van der Waals surface area contributed by atoms with Crippen LogP contribution in [0.1, 0.15) is 24.8 Å². The Morgan fingerprint density at radius 1 is 0.941 bits per heavy atom. The third-order valence-electron chi connectivity index (χ3n) is 2.75. The Kier molecular flexibility index (Phi) is 6.48. The summed E-state index contributed by atoms with van der Waals surface area (Å²) in [6.45, 7) is 4.52. The molecule has 1 aliphatic rings. The number of aryl methyl sites for hydroxylation is 1. The monoisotopic (exact) mass is 237 g/mol. The quantitative estimate of drug-likeness (QED) is 0.858. The van der Waals surface area contributed by atoms with Crippen molar-refractivity contribution in [1.29, 1.82) is 0 Å². The first-order chi connectivity index (χ1) is 8.27. The van der Waals surface area contributed by atoms with Gasteiger partial charge in [0.05, 0.1) is 14.2 Å². The largest absolute Gasteiger partial charge is 0.493 e. The number of ether oxygens (including phenoxy) is 2. The van der Waals surface area contributed by atoms with E-state index in [9.17, 15) is 0 Å². The number of piperidine rings is 1. The Bertz CT molecular complexity index is 310. The van der Waals surface area contributed by atoms with Gasteiger partial charge in [0.15, 0.2) is 11.5 Å². The number of methoxy groups -OCH3 is 2. The van der Waals surface area contributed by atoms with Gasteiger partial charge in [-0.2, -0.15) is 0 Å². The van der Waals surface area contributed by atoms with Crippen LogP contribution in [0.3, 0.4) is 0 Å². The van der Waals surface area contributed by atoms with Gasteiger partial charge >= 0.3 is 0 Å². The fourth-order valence-corrected chi connectivity index (χ4v) is 1.75. The van der Waals surface area contributed by atoms with E-state index in [1.54, 1.807) is 14.2 Å². The Morgan fingerprint density at radius 2 is 1.59 bits per heavy atom. The minimum absolute atomic E-state index is 0.776. The molecule has 1 aliphatic heterocycles. The Hall–Kier alpha value is -1.22. The second-order valence-electron chi connectivity index (χ2n) is 4.17. The third-order valence-corrected chi connectivity index (χ3v) is 2.75. The number of hydrogen-bond donors (Lipinski definition) is 1. The van der Waals surface area contributed by atoms with E-state index in [0.717, 1.165) is 11.5 Å². The minimum atomic E-state index is 0.776. The smallest absolute Gasteiger partial charge is 0.160 e. The fraction of sp³-hybridized carbons (Fsp3) is 0.571. The number of hydrogen-bond acceptors (Lipinski definition) is 3. The van der Waals surface area contributed by atoms with Crippen LogP contribution in [0, 0.1) is 6.92 Å². The zero-order chi connectivity index (χ0) is 12.5. The summed E-state index contributed by atoms with van der Waals surface area (Å²) < 4.78 is 10.2. The van der Waals surface area contributed by atoms with Crippen LogP contribution < -0.4 is 14.8 Å². The molecule has 0 unspecified atom stereocenters. The van der Waals surface area contributed by atoms with Crippen molar-refractivity contribution < 1.29 is 9.47 Å². The third kappa shape index (κ3) is 5.09. The molecule has 0 amide bonds. The number of rotatable bonds is 2. The van der Waals surface area contributed by atoms with Crippen molar-refractivity contribution in [3.8, 4) is 11.5 Å². The molecule has 0 saturated carbocycles. The van der Waals surface area contributed by atoms with Crippen LogP contribution in [0.5, 0.6) is 11.5 Å². The van der Waals surface area contributed by atoms with Crippen LogP contribution in [-0.4, -0.2) is 27.3 Å². The molecule has 0 radical (unpaired) electrons. The molecule has 1 saturated heterocycles. The SMILES string of the molecule is C1CCNCC1.COc1ccc(C)cc1OC. The molecular weight excluding hydrogens is 214 g/mol. The summed E-state index contributed by atoms with van der Waals surface area (Å²) in [7, 11) is 3.27. The van der Waals surface area contributed by atoms with Crippen LogP contribution in [0.15, 0.2) is 18.2 Å². The Morgan fingerprint density at radius 3 is 2.00 bits per heavy atom. The Labute approximate surface area is 104 Å². The van der Waals surface area contributed by atoms with Crippen LogP contribution in [0.4, 0.5) is 0 Å². The maximum atomic E-state index is 5.09. The highest BCUT2D eigenvalue weighted by atomic mass is 16.5. The molecule has 3 heteroatoms. The van der Waals surface area contributed by atoms with Gasteiger partial charge in [0, 0.05) is 0 Å². The highest BCUT2D eigenvalue weighted by Crippen LogP contribution is 2.26. The predicted molar refractivity (Wildman–Crippen MR) is 71.0 cm³/mol. The zero-order valence-electron chi connectivity index (χ0n) is 11.1. The van der Waals surface area contributed by atoms with Gasteiger partial charge in [0.2, 0.25) is 0 Å². The van der Waals surface area contributed by atoms with E-state index in [1.807, 2.05) is 25.1 Å². The molecule has 1 fully saturated rings. The molecular formula is C14H23NO2. The lowest BCUT2D eigenvalue weighted by atomic mass is 10.2. The average molecular weight is 237 g/mol. The molecule has 2 rings (SSSR count). The molecule has 0 spiro atoms. The van der Waals surface area contributed by atoms with Crippen molar-refractivity contribution in [3.63, 3.8) is 0 Å². The van der Waals surface area contributed by atoms with Crippen molar-refractivity contribution in [2.24, 2.45) is 0 Å². The van der Waals surface area contributed by atoms with Crippen LogP contribution in [-0.2, 0) is 0 Å². The summed E-state index contributed by atoms with van der Waals surface area (Å²) in [6, 6.07) is 5.83. The van der Waals surface area contributed by atoms with Crippen molar-refractivity contribution >= 4 is 0 Å². The first-order valence-corrected chi connectivity index (χ1v) is 6.17. The summed E-state index contributed by atoms with van der Waals surface area (Å²) >= 11 is 0. The molecule has 1 aromatic rings. The number of nitrogens with one attached hydrogen (secondary N) is 1. The number of benzene rings is 1. The fourth-order valence-electron chi connectivity index (χ4n) is 1.75. The van der Waals surface area contributed by atoms with E-state index in [4.69, 9.17) is 9.47 Å². The van der Waals surface area contributed by atoms with E-state index in [-0.39, 0.29) is 0 Å². The van der Waals surface area contributed by atoms with Crippen LogP contribution in [0.25, 0.3) is 0 Å². The standard InChI is InChI=1S/C9H12O2.C5H11N/c1-7-4-5-8(10-2)9(6-7)11-3;1-2-4-6-5-3-1/h4-6H,1-3H3;6H,1-5H2. The second-order valence-corrected chi connectivity index (χ2v) is 4.17. The van der Waals surface area contributed by atoms with E-state index in [0.29, 0.717) is 0 Å². The van der Waals surface area contributed by atoms with Gasteiger partial charge < -0.3 is 14.8 Å². The summed E-state index contributed by atoms with van der Waals surface area (Å²) in [5, 5.41) is 3.28. The first-order valence-electron chi connectivity index (χ1n) is 6.17. The van der Waals surface area contributed by atoms with Crippen molar-refractivity contribution in [2.45, 2.75) is 26.2 Å². The van der Waals surface area contributed by atoms with E-state index < -0.39 is 0 Å². The highest BCUT2D eigenvalue weighted by Gasteiger charge is 2.00. The van der Waals surface area contributed by atoms with E-state index >= 15 is 0 Å². The molecule has 1 N–H and O–H groups in total. The Balaban J connectivity index is 0.000000202. The summed E-state index contributed by atoms with van der Waals surface area (Å²) in [4.78, 5) is 0. The van der Waals surface area contributed by atoms with E-state index in [1.165, 1.54) is 37.9 Å². The molecule has 3 nitrogen and oxygen atoms in total. The predicted octanol–water partition coefficient (Wildman–Crippen LogP) is 2.77.